The highest BCUT2D eigenvalue weighted by atomic mass is 16.5. The van der Waals surface area contributed by atoms with E-state index in [1.165, 1.54) is 13.2 Å². The highest BCUT2D eigenvalue weighted by Crippen LogP contribution is 2.29. The first-order valence-corrected chi connectivity index (χ1v) is 10.5. The number of rotatable bonds is 8. The molecule has 3 aromatic rings. The molecule has 172 valence electrons. The Morgan fingerprint density at radius 3 is 2.35 bits per heavy atom. The zero-order valence-electron chi connectivity index (χ0n) is 19.2. The standard InChI is InChI=1S/C27H25N3O4/c1-18-7-10-22(11-8-18)30-27(32)21(16-28)14-20-9-12-24(25(15-20)33-3)34-17-26(31)29-23-6-4-5-19(2)13-23/h4-15H,17H2,1-3H3,(H,29,31)(H,30,32)/b21-14+. The summed E-state index contributed by atoms with van der Waals surface area (Å²) >= 11 is 0. The van der Waals surface area contributed by atoms with Crippen LogP contribution in [-0.4, -0.2) is 25.5 Å². The summed E-state index contributed by atoms with van der Waals surface area (Å²) in [5, 5.41) is 14.9. The van der Waals surface area contributed by atoms with Crippen molar-refractivity contribution in [3.8, 4) is 17.6 Å². The predicted octanol–water partition coefficient (Wildman–Crippen LogP) is 4.88. The van der Waals surface area contributed by atoms with Crippen molar-refractivity contribution in [3.63, 3.8) is 0 Å². The molecule has 0 spiro atoms. The molecule has 0 aliphatic heterocycles. The van der Waals surface area contributed by atoms with Gasteiger partial charge in [0.05, 0.1) is 7.11 Å². The average Bonchev–Trinajstić information content (AvgIpc) is 2.82. The Hall–Kier alpha value is -4.57. The van der Waals surface area contributed by atoms with Crippen LogP contribution in [0.25, 0.3) is 6.08 Å². The number of nitriles is 1. The van der Waals surface area contributed by atoms with E-state index in [2.05, 4.69) is 10.6 Å². The van der Waals surface area contributed by atoms with Gasteiger partial charge in [-0.05, 0) is 67.4 Å². The third-order valence-corrected chi connectivity index (χ3v) is 4.83. The van der Waals surface area contributed by atoms with Gasteiger partial charge in [-0.1, -0.05) is 35.9 Å². The van der Waals surface area contributed by atoms with E-state index < -0.39 is 5.91 Å². The van der Waals surface area contributed by atoms with Crippen molar-refractivity contribution in [3.05, 3.63) is 89.0 Å². The minimum Gasteiger partial charge on any atom is -0.493 e. The van der Waals surface area contributed by atoms with E-state index in [-0.39, 0.29) is 18.1 Å². The molecule has 0 saturated heterocycles. The van der Waals surface area contributed by atoms with Gasteiger partial charge in [-0.3, -0.25) is 9.59 Å². The van der Waals surface area contributed by atoms with Gasteiger partial charge in [0.2, 0.25) is 0 Å². The Morgan fingerprint density at radius 1 is 0.912 bits per heavy atom. The number of anilines is 2. The summed E-state index contributed by atoms with van der Waals surface area (Å²) in [6.45, 7) is 3.68. The highest BCUT2D eigenvalue weighted by Gasteiger charge is 2.12. The van der Waals surface area contributed by atoms with E-state index in [0.29, 0.717) is 28.4 Å². The number of methoxy groups -OCH3 is 1. The smallest absolute Gasteiger partial charge is 0.266 e. The average molecular weight is 456 g/mol. The lowest BCUT2D eigenvalue weighted by atomic mass is 10.1. The minimum atomic E-state index is -0.515. The fraction of sp³-hybridized carbons (Fsp3) is 0.148. The monoisotopic (exact) mass is 455 g/mol. The largest absolute Gasteiger partial charge is 0.493 e. The number of nitrogens with one attached hydrogen (secondary N) is 2. The molecule has 0 heterocycles. The van der Waals surface area contributed by atoms with Crippen LogP contribution in [0.3, 0.4) is 0 Å². The molecule has 0 atom stereocenters. The fourth-order valence-electron chi connectivity index (χ4n) is 3.11. The third kappa shape index (κ3) is 6.71. The number of ether oxygens (including phenoxy) is 2. The molecular formula is C27H25N3O4. The maximum atomic E-state index is 12.5. The Labute approximate surface area is 198 Å². The van der Waals surface area contributed by atoms with Crippen molar-refractivity contribution in [1.82, 2.24) is 0 Å². The van der Waals surface area contributed by atoms with E-state index in [9.17, 15) is 14.9 Å². The molecule has 0 saturated carbocycles. The van der Waals surface area contributed by atoms with Gasteiger partial charge in [0, 0.05) is 11.4 Å². The van der Waals surface area contributed by atoms with Crippen molar-refractivity contribution < 1.29 is 19.1 Å². The molecule has 2 N–H and O–H groups in total. The number of hydrogen-bond acceptors (Lipinski definition) is 5. The van der Waals surface area contributed by atoms with Gasteiger partial charge in [0.1, 0.15) is 11.6 Å². The van der Waals surface area contributed by atoms with Crippen LogP contribution in [0.4, 0.5) is 11.4 Å². The minimum absolute atomic E-state index is 0.0613. The van der Waals surface area contributed by atoms with Crippen LogP contribution in [0.1, 0.15) is 16.7 Å². The Morgan fingerprint density at radius 2 is 1.68 bits per heavy atom. The number of nitrogens with zero attached hydrogens (tertiary/aromatic N) is 1. The molecule has 7 heteroatoms. The molecule has 2 amide bonds. The van der Waals surface area contributed by atoms with Gasteiger partial charge in [0.15, 0.2) is 18.1 Å². The highest BCUT2D eigenvalue weighted by molar-refractivity contribution is 6.09. The summed E-state index contributed by atoms with van der Waals surface area (Å²) in [4.78, 5) is 24.7. The Kier molecular flexibility index (Phi) is 8.03. The summed E-state index contributed by atoms with van der Waals surface area (Å²) in [5.41, 5.74) is 3.90. The summed E-state index contributed by atoms with van der Waals surface area (Å²) < 4.78 is 11.0. The number of amides is 2. The van der Waals surface area contributed by atoms with Crippen molar-refractivity contribution >= 4 is 29.3 Å². The molecule has 0 aliphatic rings. The quantitative estimate of drug-likeness (QED) is 0.373. The van der Waals surface area contributed by atoms with Gasteiger partial charge < -0.3 is 20.1 Å². The van der Waals surface area contributed by atoms with Gasteiger partial charge in [-0.25, -0.2) is 0 Å². The first-order valence-electron chi connectivity index (χ1n) is 10.5. The second kappa shape index (κ2) is 11.3. The molecule has 3 aromatic carbocycles. The van der Waals surface area contributed by atoms with Crippen molar-refractivity contribution in [2.24, 2.45) is 0 Å². The predicted molar refractivity (Wildman–Crippen MR) is 132 cm³/mol. The lowest BCUT2D eigenvalue weighted by molar-refractivity contribution is -0.118. The zero-order valence-corrected chi connectivity index (χ0v) is 19.2. The molecular weight excluding hydrogens is 430 g/mol. The van der Waals surface area contributed by atoms with Crippen LogP contribution < -0.4 is 20.1 Å². The molecule has 0 fully saturated rings. The van der Waals surface area contributed by atoms with Gasteiger partial charge in [0.25, 0.3) is 11.8 Å². The second-order valence-electron chi connectivity index (χ2n) is 7.61. The first kappa shape index (κ1) is 24.1. The maximum absolute atomic E-state index is 12.5. The van der Waals surface area contributed by atoms with Crippen LogP contribution in [0.15, 0.2) is 72.3 Å². The van der Waals surface area contributed by atoms with Crippen molar-refractivity contribution in [2.45, 2.75) is 13.8 Å². The lowest BCUT2D eigenvalue weighted by Crippen LogP contribution is -2.20. The van der Waals surface area contributed by atoms with E-state index in [0.717, 1.165) is 11.1 Å². The van der Waals surface area contributed by atoms with E-state index in [4.69, 9.17) is 9.47 Å². The summed E-state index contributed by atoms with van der Waals surface area (Å²) in [6.07, 6.45) is 1.46. The summed E-state index contributed by atoms with van der Waals surface area (Å²) in [6, 6.07) is 21.6. The van der Waals surface area contributed by atoms with Crippen LogP contribution >= 0.6 is 0 Å². The van der Waals surface area contributed by atoms with Gasteiger partial charge in [-0.15, -0.1) is 0 Å². The molecule has 0 aliphatic carbocycles. The summed E-state index contributed by atoms with van der Waals surface area (Å²) in [5.74, 6) is -0.0929. The molecule has 0 unspecified atom stereocenters. The molecule has 0 radical (unpaired) electrons. The van der Waals surface area contributed by atoms with E-state index >= 15 is 0 Å². The number of hydrogen-bond donors (Lipinski definition) is 2. The van der Waals surface area contributed by atoms with Crippen LogP contribution in [0, 0.1) is 25.2 Å². The number of aryl methyl sites for hydroxylation is 2. The van der Waals surface area contributed by atoms with Gasteiger partial charge >= 0.3 is 0 Å². The molecule has 0 bridgehead atoms. The molecule has 3 rings (SSSR count). The van der Waals surface area contributed by atoms with Crippen LogP contribution in [-0.2, 0) is 9.59 Å². The molecule has 7 nitrogen and oxygen atoms in total. The molecule has 34 heavy (non-hydrogen) atoms. The number of carbonyl (C=O) groups is 2. The fourth-order valence-corrected chi connectivity index (χ4v) is 3.11. The van der Waals surface area contributed by atoms with Crippen LogP contribution in [0.2, 0.25) is 0 Å². The second-order valence-corrected chi connectivity index (χ2v) is 7.61. The van der Waals surface area contributed by atoms with E-state index in [1.807, 2.05) is 50.2 Å². The lowest BCUT2D eigenvalue weighted by Gasteiger charge is -2.12. The normalized spacial score (nSPS) is 10.7. The molecule has 0 aromatic heterocycles. The Balaban J connectivity index is 1.67. The third-order valence-electron chi connectivity index (χ3n) is 4.83. The zero-order chi connectivity index (χ0) is 24.5. The van der Waals surface area contributed by atoms with E-state index in [1.54, 1.807) is 36.4 Å². The summed E-state index contributed by atoms with van der Waals surface area (Å²) in [7, 11) is 1.47. The Bertz CT molecular complexity index is 1260. The first-order chi connectivity index (χ1) is 16.4. The maximum Gasteiger partial charge on any atom is 0.266 e. The van der Waals surface area contributed by atoms with Gasteiger partial charge in [-0.2, -0.15) is 5.26 Å². The van der Waals surface area contributed by atoms with Crippen LogP contribution in [0.5, 0.6) is 11.5 Å². The topological polar surface area (TPSA) is 100 Å². The number of benzene rings is 3. The van der Waals surface area contributed by atoms with Crippen molar-refractivity contribution in [1.29, 1.82) is 5.26 Å². The van der Waals surface area contributed by atoms with Crippen molar-refractivity contribution in [2.75, 3.05) is 24.4 Å². The SMILES string of the molecule is COc1cc(/C=C(\C#N)C(=O)Nc2ccc(C)cc2)ccc1OCC(=O)Nc1cccc(C)c1. The number of carbonyl (C=O) groups excluding carboxylic acids is 2.